The van der Waals surface area contributed by atoms with Gasteiger partial charge in [-0.05, 0) is 12.5 Å². The van der Waals surface area contributed by atoms with Crippen molar-refractivity contribution in [2.24, 2.45) is 7.05 Å². The number of aromatic nitrogens is 2. The molecule has 3 nitrogen and oxygen atoms in total. The number of alkyl halides is 3. The molecule has 108 valence electrons. The molecule has 0 bridgehead atoms. The number of nitrogen functional groups attached to an aromatic ring is 1. The first kappa shape index (κ1) is 14.4. The van der Waals surface area contributed by atoms with Crippen LogP contribution in [0.4, 0.5) is 19.0 Å². The molecule has 0 aliphatic rings. The maximum atomic E-state index is 13.0. The summed E-state index contributed by atoms with van der Waals surface area (Å²) in [4.78, 5) is 4.28. The first-order chi connectivity index (χ1) is 9.36. The number of nitrogens with zero attached hydrogens (tertiary/aromatic N) is 2. The third kappa shape index (κ3) is 2.50. The van der Waals surface area contributed by atoms with Crippen LogP contribution in [0, 0.1) is 0 Å². The molecule has 6 heteroatoms. The van der Waals surface area contributed by atoms with Crippen LogP contribution in [-0.2, 0) is 19.6 Å². The molecule has 0 spiro atoms. The maximum Gasteiger partial charge on any atom is 0.417 e. The minimum Gasteiger partial charge on any atom is -0.383 e. The van der Waals surface area contributed by atoms with E-state index >= 15 is 0 Å². The third-order valence-corrected chi connectivity index (χ3v) is 3.19. The molecule has 1 aromatic carbocycles. The molecule has 0 saturated heterocycles. The standard InChI is InChI=1S/C14H16F3N3/c1-3-6-11-19-12(13(18)20(11)2)9-7-4-5-8-10(9)14(15,16)17/h4-5,7-8H,3,6,18H2,1-2H3. The Hall–Kier alpha value is -1.98. The molecule has 0 radical (unpaired) electrons. The van der Waals surface area contributed by atoms with E-state index in [0.717, 1.165) is 12.5 Å². The van der Waals surface area contributed by atoms with E-state index < -0.39 is 11.7 Å². The largest absolute Gasteiger partial charge is 0.417 e. The predicted octanol–water partition coefficient (Wildman–Crippen LogP) is 3.64. The van der Waals surface area contributed by atoms with Crippen molar-refractivity contribution in [1.29, 1.82) is 0 Å². The van der Waals surface area contributed by atoms with E-state index in [1.54, 1.807) is 17.7 Å². The van der Waals surface area contributed by atoms with Gasteiger partial charge in [-0.3, -0.25) is 0 Å². The summed E-state index contributed by atoms with van der Waals surface area (Å²) < 4.78 is 40.8. The second-order valence-electron chi connectivity index (χ2n) is 4.61. The van der Waals surface area contributed by atoms with Crippen molar-refractivity contribution in [2.75, 3.05) is 5.73 Å². The number of hydrogen-bond acceptors (Lipinski definition) is 2. The van der Waals surface area contributed by atoms with Gasteiger partial charge in [-0.15, -0.1) is 0 Å². The molecule has 0 saturated carbocycles. The normalized spacial score (nSPS) is 11.8. The van der Waals surface area contributed by atoms with Crippen LogP contribution in [0.25, 0.3) is 11.3 Å². The number of rotatable bonds is 3. The number of nitrogens with two attached hydrogens (primary N) is 1. The number of aryl methyl sites for hydroxylation is 1. The Labute approximate surface area is 115 Å². The van der Waals surface area contributed by atoms with Gasteiger partial charge in [-0.1, -0.05) is 25.1 Å². The summed E-state index contributed by atoms with van der Waals surface area (Å²) in [6.45, 7) is 1.98. The zero-order valence-corrected chi connectivity index (χ0v) is 11.3. The number of halogens is 3. The lowest BCUT2D eigenvalue weighted by Gasteiger charge is -2.11. The summed E-state index contributed by atoms with van der Waals surface area (Å²) in [5.41, 5.74) is 5.42. The summed E-state index contributed by atoms with van der Waals surface area (Å²) >= 11 is 0. The fourth-order valence-electron chi connectivity index (χ4n) is 2.14. The minimum absolute atomic E-state index is 0.0236. The van der Waals surface area contributed by atoms with Crippen LogP contribution < -0.4 is 5.73 Å². The molecular weight excluding hydrogens is 267 g/mol. The van der Waals surface area contributed by atoms with Gasteiger partial charge >= 0.3 is 6.18 Å². The van der Waals surface area contributed by atoms with E-state index in [1.807, 2.05) is 6.92 Å². The summed E-state index contributed by atoms with van der Waals surface area (Å²) in [6.07, 6.45) is -2.90. The lowest BCUT2D eigenvalue weighted by atomic mass is 10.0. The third-order valence-electron chi connectivity index (χ3n) is 3.19. The van der Waals surface area contributed by atoms with Crippen LogP contribution in [0.1, 0.15) is 24.7 Å². The molecular formula is C14H16F3N3. The molecule has 0 amide bonds. The zero-order chi connectivity index (χ0) is 14.9. The average Bonchev–Trinajstić information content (AvgIpc) is 2.67. The van der Waals surface area contributed by atoms with Gasteiger partial charge in [0, 0.05) is 19.0 Å². The van der Waals surface area contributed by atoms with Gasteiger partial charge in [0.2, 0.25) is 0 Å². The Morgan fingerprint density at radius 1 is 1.25 bits per heavy atom. The molecule has 0 aliphatic heterocycles. The number of benzene rings is 1. The van der Waals surface area contributed by atoms with Crippen molar-refractivity contribution in [3.63, 3.8) is 0 Å². The van der Waals surface area contributed by atoms with Gasteiger partial charge in [-0.25, -0.2) is 4.98 Å². The van der Waals surface area contributed by atoms with Crippen LogP contribution in [0.15, 0.2) is 24.3 Å². The van der Waals surface area contributed by atoms with Crippen LogP contribution >= 0.6 is 0 Å². The number of anilines is 1. The molecule has 0 unspecified atom stereocenters. The van der Waals surface area contributed by atoms with Crippen molar-refractivity contribution in [3.8, 4) is 11.3 Å². The van der Waals surface area contributed by atoms with Crippen molar-refractivity contribution in [3.05, 3.63) is 35.7 Å². The average molecular weight is 283 g/mol. The quantitative estimate of drug-likeness (QED) is 0.934. The summed E-state index contributed by atoms with van der Waals surface area (Å²) in [5, 5.41) is 0. The van der Waals surface area contributed by atoms with Gasteiger partial charge in [0.1, 0.15) is 17.3 Å². The van der Waals surface area contributed by atoms with Gasteiger partial charge in [0.05, 0.1) is 5.56 Å². The molecule has 0 fully saturated rings. The smallest absolute Gasteiger partial charge is 0.383 e. The zero-order valence-electron chi connectivity index (χ0n) is 11.3. The fraction of sp³-hybridized carbons (Fsp3) is 0.357. The molecule has 1 heterocycles. The number of imidazole rings is 1. The van der Waals surface area contributed by atoms with Crippen molar-refractivity contribution < 1.29 is 13.2 Å². The predicted molar refractivity (Wildman–Crippen MR) is 72.1 cm³/mol. The molecule has 20 heavy (non-hydrogen) atoms. The monoisotopic (exact) mass is 283 g/mol. The van der Waals surface area contributed by atoms with Gasteiger partial charge in [0.25, 0.3) is 0 Å². The number of hydrogen-bond donors (Lipinski definition) is 1. The van der Waals surface area contributed by atoms with Crippen molar-refractivity contribution in [2.45, 2.75) is 25.9 Å². The highest BCUT2D eigenvalue weighted by molar-refractivity contribution is 5.74. The first-order valence-electron chi connectivity index (χ1n) is 6.34. The van der Waals surface area contributed by atoms with Crippen molar-refractivity contribution in [1.82, 2.24) is 9.55 Å². The fourth-order valence-corrected chi connectivity index (χ4v) is 2.14. The van der Waals surface area contributed by atoms with E-state index in [0.29, 0.717) is 12.2 Å². The topological polar surface area (TPSA) is 43.8 Å². The highest BCUT2D eigenvalue weighted by Gasteiger charge is 2.34. The molecule has 0 aliphatic carbocycles. The van der Waals surface area contributed by atoms with Crippen molar-refractivity contribution >= 4 is 5.82 Å². The van der Waals surface area contributed by atoms with Gasteiger partial charge in [0.15, 0.2) is 0 Å². The van der Waals surface area contributed by atoms with Gasteiger partial charge in [-0.2, -0.15) is 13.2 Å². The minimum atomic E-state index is -4.43. The van der Waals surface area contributed by atoms with Crippen LogP contribution in [-0.4, -0.2) is 9.55 Å². The molecule has 2 aromatic rings. The highest BCUT2D eigenvalue weighted by Crippen LogP contribution is 2.38. The van der Waals surface area contributed by atoms with Crippen LogP contribution in [0.5, 0.6) is 0 Å². The van der Waals surface area contributed by atoms with E-state index in [-0.39, 0.29) is 17.1 Å². The Kier molecular flexibility index (Phi) is 3.74. The second-order valence-corrected chi connectivity index (χ2v) is 4.61. The van der Waals surface area contributed by atoms with Crippen LogP contribution in [0.3, 0.4) is 0 Å². The lowest BCUT2D eigenvalue weighted by molar-refractivity contribution is -0.137. The van der Waals surface area contributed by atoms with E-state index in [4.69, 9.17) is 5.73 Å². The molecule has 2 N–H and O–H groups in total. The summed E-state index contributed by atoms with van der Waals surface area (Å²) in [5.74, 6) is 0.946. The Morgan fingerprint density at radius 3 is 2.50 bits per heavy atom. The second kappa shape index (κ2) is 5.19. The summed E-state index contributed by atoms with van der Waals surface area (Å²) in [6, 6.07) is 5.36. The maximum absolute atomic E-state index is 13.0. The molecule has 0 atom stereocenters. The summed E-state index contributed by atoms with van der Waals surface area (Å²) in [7, 11) is 1.72. The Morgan fingerprint density at radius 2 is 1.90 bits per heavy atom. The first-order valence-corrected chi connectivity index (χ1v) is 6.34. The van der Waals surface area contributed by atoms with E-state index in [2.05, 4.69) is 4.98 Å². The lowest BCUT2D eigenvalue weighted by Crippen LogP contribution is -2.07. The highest BCUT2D eigenvalue weighted by atomic mass is 19.4. The SMILES string of the molecule is CCCc1nc(-c2ccccc2C(F)(F)F)c(N)n1C. The van der Waals surface area contributed by atoms with Gasteiger partial charge < -0.3 is 10.3 Å². The van der Waals surface area contributed by atoms with E-state index in [9.17, 15) is 13.2 Å². The molecule has 2 rings (SSSR count). The Balaban J connectivity index is 2.61. The molecule has 1 aromatic heterocycles. The Bertz CT molecular complexity index is 615. The van der Waals surface area contributed by atoms with Crippen LogP contribution in [0.2, 0.25) is 0 Å². The van der Waals surface area contributed by atoms with E-state index in [1.165, 1.54) is 12.1 Å².